The number of fused-ring (bicyclic) bond motifs is 1. The molecule has 0 amide bonds. The van der Waals surface area contributed by atoms with E-state index >= 15 is 0 Å². The fraction of sp³-hybridized carbons (Fsp3) is 0.917. The van der Waals surface area contributed by atoms with E-state index in [1.54, 1.807) is 0 Å². The first kappa shape index (κ1) is 9.23. The normalized spacial score (nSPS) is 45.8. The number of rotatable bonds is 0. The summed E-state index contributed by atoms with van der Waals surface area (Å²) in [5.74, 6) is 1.99. The molecular formula is C12H20O. The number of ketones is 1. The van der Waals surface area contributed by atoms with Gasteiger partial charge >= 0.3 is 0 Å². The smallest absolute Gasteiger partial charge is 0.133 e. The summed E-state index contributed by atoms with van der Waals surface area (Å²) >= 11 is 0. The van der Waals surface area contributed by atoms with E-state index in [-0.39, 0.29) is 0 Å². The zero-order chi connectivity index (χ0) is 9.47. The molecule has 0 saturated heterocycles. The van der Waals surface area contributed by atoms with Gasteiger partial charge in [-0.1, -0.05) is 26.7 Å². The Hall–Kier alpha value is -0.330. The Labute approximate surface area is 80.9 Å². The highest BCUT2D eigenvalue weighted by Crippen LogP contribution is 2.51. The molecule has 3 unspecified atom stereocenters. The van der Waals surface area contributed by atoms with Crippen LogP contribution in [0.15, 0.2) is 0 Å². The van der Waals surface area contributed by atoms with Crippen LogP contribution in [0.2, 0.25) is 0 Å². The summed E-state index contributed by atoms with van der Waals surface area (Å²) in [5, 5.41) is 0. The average Bonchev–Trinajstić information content (AvgIpc) is 2.08. The molecule has 13 heavy (non-hydrogen) atoms. The summed E-state index contributed by atoms with van der Waals surface area (Å²) < 4.78 is 0. The monoisotopic (exact) mass is 180 g/mol. The fourth-order valence-electron chi connectivity index (χ4n) is 3.43. The Morgan fingerprint density at radius 1 is 1.38 bits per heavy atom. The highest BCUT2D eigenvalue weighted by Gasteiger charge is 2.43. The minimum absolute atomic E-state index is 0.506. The largest absolute Gasteiger partial charge is 0.300 e. The second-order valence-electron chi connectivity index (χ2n) is 5.37. The lowest BCUT2D eigenvalue weighted by atomic mass is 9.57. The summed E-state index contributed by atoms with van der Waals surface area (Å²) in [6.45, 7) is 4.74. The Balaban J connectivity index is 2.17. The van der Waals surface area contributed by atoms with E-state index in [4.69, 9.17) is 0 Å². The van der Waals surface area contributed by atoms with Gasteiger partial charge in [-0.2, -0.15) is 0 Å². The molecule has 1 heteroatoms. The first-order valence-electron chi connectivity index (χ1n) is 5.63. The van der Waals surface area contributed by atoms with Crippen molar-refractivity contribution >= 4 is 5.78 Å². The molecule has 2 fully saturated rings. The number of carbonyl (C=O) groups is 1. The summed E-state index contributed by atoms with van der Waals surface area (Å²) in [6, 6.07) is 0. The van der Waals surface area contributed by atoms with E-state index in [1.165, 1.54) is 19.3 Å². The van der Waals surface area contributed by atoms with Crippen molar-refractivity contribution in [1.29, 1.82) is 0 Å². The van der Waals surface area contributed by atoms with Crippen LogP contribution in [-0.2, 0) is 4.79 Å². The Bertz CT molecular complexity index is 221. The van der Waals surface area contributed by atoms with Crippen LogP contribution >= 0.6 is 0 Å². The van der Waals surface area contributed by atoms with Gasteiger partial charge in [-0.25, -0.2) is 0 Å². The number of hydrogen-bond acceptors (Lipinski definition) is 1. The molecule has 0 aromatic carbocycles. The molecule has 1 nitrogen and oxygen atoms in total. The zero-order valence-corrected chi connectivity index (χ0v) is 8.81. The molecule has 2 rings (SSSR count). The van der Waals surface area contributed by atoms with Crippen LogP contribution in [0.4, 0.5) is 0 Å². The number of carbonyl (C=O) groups excluding carboxylic acids is 1. The van der Waals surface area contributed by atoms with Crippen molar-refractivity contribution < 1.29 is 4.79 Å². The molecule has 0 aromatic heterocycles. The maximum absolute atomic E-state index is 11.4. The highest BCUT2D eigenvalue weighted by molar-refractivity contribution is 5.79. The average molecular weight is 180 g/mol. The van der Waals surface area contributed by atoms with Gasteiger partial charge in [-0.05, 0) is 30.1 Å². The van der Waals surface area contributed by atoms with Gasteiger partial charge in [-0.15, -0.1) is 0 Å². The zero-order valence-electron chi connectivity index (χ0n) is 8.81. The second-order valence-corrected chi connectivity index (χ2v) is 5.37. The molecule has 74 valence electrons. The molecule has 0 heterocycles. The predicted octanol–water partition coefficient (Wildman–Crippen LogP) is 3.18. The van der Waals surface area contributed by atoms with E-state index in [9.17, 15) is 4.79 Å². The van der Waals surface area contributed by atoms with E-state index < -0.39 is 0 Å². The molecule has 2 aliphatic carbocycles. The lowest BCUT2D eigenvalue weighted by Gasteiger charge is -2.48. The topological polar surface area (TPSA) is 17.1 Å². The summed E-state index contributed by atoms with van der Waals surface area (Å²) in [6.07, 6.45) is 6.95. The Morgan fingerprint density at radius 2 is 2.15 bits per heavy atom. The number of Topliss-reactive ketones (excluding diaryl/α,β-unsaturated/α-hetero) is 1. The van der Waals surface area contributed by atoms with Crippen molar-refractivity contribution in [2.24, 2.45) is 17.3 Å². The lowest BCUT2D eigenvalue weighted by molar-refractivity contribution is -0.127. The maximum atomic E-state index is 11.4. The molecule has 0 radical (unpaired) electrons. The van der Waals surface area contributed by atoms with Gasteiger partial charge in [0, 0.05) is 12.8 Å². The van der Waals surface area contributed by atoms with Crippen LogP contribution in [0, 0.1) is 17.3 Å². The maximum Gasteiger partial charge on any atom is 0.133 e. The minimum Gasteiger partial charge on any atom is -0.300 e. The second kappa shape index (κ2) is 3.11. The van der Waals surface area contributed by atoms with Crippen LogP contribution in [0.25, 0.3) is 0 Å². The SMILES string of the molecule is CC1CCCC2(C)CCC(=O)CC12. The summed E-state index contributed by atoms with van der Waals surface area (Å²) in [4.78, 5) is 11.4. The third kappa shape index (κ3) is 1.53. The standard InChI is InChI=1S/C12H20O/c1-9-4-3-6-12(2)7-5-10(13)8-11(9)12/h9,11H,3-8H2,1-2H3. The molecule has 0 bridgehead atoms. The third-order valence-electron chi connectivity index (χ3n) is 4.41. The van der Waals surface area contributed by atoms with Gasteiger partial charge in [0.25, 0.3) is 0 Å². The Morgan fingerprint density at radius 3 is 2.92 bits per heavy atom. The molecule has 0 aromatic rings. The molecular weight excluding hydrogens is 160 g/mol. The van der Waals surface area contributed by atoms with Crippen molar-refractivity contribution in [1.82, 2.24) is 0 Å². The van der Waals surface area contributed by atoms with Crippen LogP contribution < -0.4 is 0 Å². The van der Waals surface area contributed by atoms with Crippen LogP contribution in [0.3, 0.4) is 0 Å². The molecule has 2 saturated carbocycles. The van der Waals surface area contributed by atoms with Gasteiger partial charge < -0.3 is 0 Å². The van der Waals surface area contributed by atoms with E-state index in [2.05, 4.69) is 13.8 Å². The van der Waals surface area contributed by atoms with Gasteiger partial charge in [0.15, 0.2) is 0 Å². The van der Waals surface area contributed by atoms with Gasteiger partial charge in [0.2, 0.25) is 0 Å². The third-order valence-corrected chi connectivity index (χ3v) is 4.41. The van der Waals surface area contributed by atoms with Crippen LogP contribution in [0.5, 0.6) is 0 Å². The van der Waals surface area contributed by atoms with Gasteiger partial charge in [0.1, 0.15) is 5.78 Å². The van der Waals surface area contributed by atoms with Crippen molar-refractivity contribution in [3.05, 3.63) is 0 Å². The quantitative estimate of drug-likeness (QED) is 0.559. The molecule has 0 aliphatic heterocycles. The molecule has 0 spiro atoms. The van der Waals surface area contributed by atoms with Crippen LogP contribution in [-0.4, -0.2) is 5.78 Å². The highest BCUT2D eigenvalue weighted by atomic mass is 16.1. The van der Waals surface area contributed by atoms with Gasteiger partial charge in [-0.3, -0.25) is 4.79 Å². The number of hydrogen-bond donors (Lipinski definition) is 0. The molecule has 3 atom stereocenters. The minimum atomic E-state index is 0.506. The van der Waals surface area contributed by atoms with Crippen molar-refractivity contribution in [3.63, 3.8) is 0 Å². The van der Waals surface area contributed by atoms with E-state index in [0.29, 0.717) is 17.1 Å². The van der Waals surface area contributed by atoms with Crippen LogP contribution in [0.1, 0.15) is 52.4 Å². The fourth-order valence-corrected chi connectivity index (χ4v) is 3.43. The van der Waals surface area contributed by atoms with Crippen molar-refractivity contribution in [2.75, 3.05) is 0 Å². The van der Waals surface area contributed by atoms with E-state index in [1.807, 2.05) is 0 Å². The van der Waals surface area contributed by atoms with Crippen molar-refractivity contribution in [3.8, 4) is 0 Å². The first-order chi connectivity index (χ1) is 6.12. The summed E-state index contributed by atoms with van der Waals surface area (Å²) in [5.41, 5.74) is 0.506. The molecule has 0 N–H and O–H groups in total. The van der Waals surface area contributed by atoms with Gasteiger partial charge in [0.05, 0.1) is 0 Å². The molecule has 2 aliphatic rings. The van der Waals surface area contributed by atoms with E-state index in [0.717, 1.165) is 25.2 Å². The first-order valence-corrected chi connectivity index (χ1v) is 5.63. The predicted molar refractivity (Wildman–Crippen MR) is 53.5 cm³/mol. The van der Waals surface area contributed by atoms with Crippen molar-refractivity contribution in [2.45, 2.75) is 52.4 Å². The Kier molecular flexibility index (Phi) is 2.21. The lowest BCUT2D eigenvalue weighted by Crippen LogP contribution is -2.41. The summed E-state index contributed by atoms with van der Waals surface area (Å²) in [7, 11) is 0.